The number of hydrogen-bond acceptors (Lipinski definition) is 3. The van der Waals surface area contributed by atoms with Gasteiger partial charge in [0, 0.05) is 24.6 Å². The Hall–Kier alpha value is -3.21. The third kappa shape index (κ3) is 3.67. The molecule has 3 aromatic rings. The summed E-state index contributed by atoms with van der Waals surface area (Å²) in [5.41, 5.74) is 3.39. The molecule has 136 valence electrons. The summed E-state index contributed by atoms with van der Waals surface area (Å²) < 4.78 is 0. The Balaban J connectivity index is 1.46. The van der Waals surface area contributed by atoms with Crippen molar-refractivity contribution in [1.82, 2.24) is 14.9 Å². The summed E-state index contributed by atoms with van der Waals surface area (Å²) >= 11 is 0. The fourth-order valence-corrected chi connectivity index (χ4v) is 3.61. The van der Waals surface area contributed by atoms with E-state index >= 15 is 0 Å². The van der Waals surface area contributed by atoms with Crippen LogP contribution in [-0.2, 0) is 0 Å². The number of nitrogens with zero attached hydrogens (tertiary/aromatic N) is 2. The second-order valence-corrected chi connectivity index (χ2v) is 6.86. The number of amides is 1. The zero-order valence-electron chi connectivity index (χ0n) is 15.0. The van der Waals surface area contributed by atoms with Gasteiger partial charge in [0.05, 0.1) is 12.5 Å². The van der Waals surface area contributed by atoms with Crippen LogP contribution in [0.15, 0.2) is 67.1 Å². The van der Waals surface area contributed by atoms with Crippen molar-refractivity contribution in [2.24, 2.45) is 5.92 Å². The molecule has 1 aliphatic heterocycles. The molecule has 0 saturated carbocycles. The van der Waals surface area contributed by atoms with Gasteiger partial charge in [-0.15, -0.1) is 0 Å². The average Bonchev–Trinajstić information content (AvgIpc) is 3.28. The Bertz CT molecular complexity index is 918. The van der Waals surface area contributed by atoms with Crippen LogP contribution < -0.4 is 0 Å². The third-order valence-electron chi connectivity index (χ3n) is 5.08. The van der Waals surface area contributed by atoms with Gasteiger partial charge in [0.15, 0.2) is 5.78 Å². The van der Waals surface area contributed by atoms with E-state index in [-0.39, 0.29) is 17.6 Å². The topological polar surface area (TPSA) is 66.1 Å². The van der Waals surface area contributed by atoms with Crippen LogP contribution in [0, 0.1) is 5.92 Å². The lowest BCUT2D eigenvalue weighted by molar-refractivity contribution is 0.0632. The van der Waals surface area contributed by atoms with Crippen molar-refractivity contribution in [3.05, 3.63) is 78.4 Å². The number of H-pyrrole nitrogens is 1. The first-order chi connectivity index (χ1) is 13.2. The van der Waals surface area contributed by atoms with Gasteiger partial charge < -0.3 is 9.88 Å². The Morgan fingerprint density at radius 2 is 1.74 bits per heavy atom. The number of aromatic amines is 1. The number of nitrogens with one attached hydrogen (secondary N) is 1. The number of Topliss-reactive ketones (excluding diaryl/α,β-unsaturated/α-hetero) is 1. The average molecular weight is 359 g/mol. The number of hydrogen-bond donors (Lipinski definition) is 1. The maximum atomic E-state index is 12.9. The number of imidazole rings is 1. The zero-order chi connectivity index (χ0) is 18.6. The van der Waals surface area contributed by atoms with Gasteiger partial charge in [-0.1, -0.05) is 54.6 Å². The lowest BCUT2D eigenvalue weighted by atomic mass is 9.89. The van der Waals surface area contributed by atoms with Crippen LogP contribution in [0.3, 0.4) is 0 Å². The molecule has 2 aromatic carbocycles. The van der Waals surface area contributed by atoms with Crippen molar-refractivity contribution in [2.75, 3.05) is 13.1 Å². The van der Waals surface area contributed by atoms with E-state index in [9.17, 15) is 9.59 Å². The lowest BCUT2D eigenvalue weighted by Crippen LogP contribution is -2.42. The molecule has 5 nitrogen and oxygen atoms in total. The van der Waals surface area contributed by atoms with Crippen molar-refractivity contribution < 1.29 is 9.59 Å². The van der Waals surface area contributed by atoms with Crippen molar-refractivity contribution in [3.63, 3.8) is 0 Å². The molecule has 0 bridgehead atoms. The van der Waals surface area contributed by atoms with Gasteiger partial charge in [-0.2, -0.15) is 0 Å². The molecule has 1 fully saturated rings. The van der Waals surface area contributed by atoms with Gasteiger partial charge in [-0.25, -0.2) is 4.98 Å². The first-order valence-electron chi connectivity index (χ1n) is 9.20. The van der Waals surface area contributed by atoms with E-state index in [0.29, 0.717) is 24.3 Å². The molecule has 5 heteroatoms. The van der Waals surface area contributed by atoms with Gasteiger partial charge in [0.25, 0.3) is 5.91 Å². The summed E-state index contributed by atoms with van der Waals surface area (Å²) in [5, 5.41) is 0. The Kier molecular flexibility index (Phi) is 4.83. The molecule has 1 amide bonds. The van der Waals surface area contributed by atoms with Crippen LogP contribution >= 0.6 is 0 Å². The fraction of sp³-hybridized carbons (Fsp3) is 0.227. The Morgan fingerprint density at radius 1 is 1.00 bits per heavy atom. The zero-order valence-corrected chi connectivity index (χ0v) is 15.0. The lowest BCUT2D eigenvalue weighted by Gasteiger charge is -2.31. The molecule has 1 aromatic heterocycles. The van der Waals surface area contributed by atoms with Crippen molar-refractivity contribution in [2.45, 2.75) is 12.8 Å². The van der Waals surface area contributed by atoms with Crippen LogP contribution in [0.5, 0.6) is 0 Å². The number of benzene rings is 2. The van der Waals surface area contributed by atoms with Crippen LogP contribution in [-0.4, -0.2) is 39.6 Å². The predicted molar refractivity (Wildman–Crippen MR) is 103 cm³/mol. The van der Waals surface area contributed by atoms with Gasteiger partial charge in [0.2, 0.25) is 0 Å². The van der Waals surface area contributed by atoms with Crippen LogP contribution in [0.25, 0.3) is 11.1 Å². The minimum Gasteiger partial charge on any atom is -0.341 e. The summed E-state index contributed by atoms with van der Waals surface area (Å²) in [7, 11) is 0. The van der Waals surface area contributed by atoms with E-state index in [1.807, 2.05) is 42.5 Å². The SMILES string of the molecule is O=C(c1ccc(-c2ccccc2)cc1)C1CCCN(C(=O)c2cnc[nH]2)C1. The molecule has 4 rings (SSSR count). The summed E-state index contributed by atoms with van der Waals surface area (Å²) in [6.45, 7) is 1.13. The number of aromatic nitrogens is 2. The standard InChI is InChI=1S/C22H21N3O2/c26-21(18-10-8-17(9-11-18)16-5-2-1-3-6-16)19-7-4-12-25(14-19)22(27)20-13-23-15-24-20/h1-3,5-6,8-11,13,15,19H,4,7,12,14H2,(H,23,24). The number of carbonyl (C=O) groups is 2. The molecule has 1 atom stereocenters. The van der Waals surface area contributed by atoms with Gasteiger partial charge in [-0.05, 0) is 24.0 Å². The van der Waals surface area contributed by atoms with Gasteiger partial charge in [-0.3, -0.25) is 9.59 Å². The van der Waals surface area contributed by atoms with Crippen LogP contribution in [0.2, 0.25) is 0 Å². The molecule has 1 saturated heterocycles. The Labute approximate surface area is 158 Å². The van der Waals surface area contributed by atoms with E-state index in [0.717, 1.165) is 24.0 Å². The summed E-state index contributed by atoms with van der Waals surface area (Å²) in [5.74, 6) is -0.144. The molecule has 0 radical (unpaired) electrons. The van der Waals surface area contributed by atoms with Gasteiger partial charge in [0.1, 0.15) is 5.69 Å². The number of piperidine rings is 1. The molecule has 0 spiro atoms. The van der Waals surface area contributed by atoms with E-state index in [1.54, 1.807) is 4.90 Å². The van der Waals surface area contributed by atoms with Crippen molar-refractivity contribution >= 4 is 11.7 Å². The largest absolute Gasteiger partial charge is 0.341 e. The Morgan fingerprint density at radius 3 is 2.44 bits per heavy atom. The smallest absolute Gasteiger partial charge is 0.271 e. The highest BCUT2D eigenvalue weighted by Gasteiger charge is 2.29. The normalized spacial score (nSPS) is 16.9. The molecular formula is C22H21N3O2. The molecular weight excluding hydrogens is 338 g/mol. The minimum absolute atomic E-state index is 0.0931. The van der Waals surface area contributed by atoms with Gasteiger partial charge >= 0.3 is 0 Å². The molecule has 1 unspecified atom stereocenters. The van der Waals surface area contributed by atoms with E-state index in [4.69, 9.17) is 0 Å². The molecule has 1 aliphatic rings. The first kappa shape index (κ1) is 17.2. The highest BCUT2D eigenvalue weighted by atomic mass is 16.2. The van der Waals surface area contributed by atoms with Crippen molar-refractivity contribution in [3.8, 4) is 11.1 Å². The highest BCUT2D eigenvalue weighted by Crippen LogP contribution is 2.24. The summed E-state index contributed by atoms with van der Waals surface area (Å²) in [6, 6.07) is 17.8. The van der Waals surface area contributed by atoms with Crippen LogP contribution in [0.1, 0.15) is 33.7 Å². The fourth-order valence-electron chi connectivity index (χ4n) is 3.61. The number of ketones is 1. The maximum absolute atomic E-state index is 12.9. The minimum atomic E-state index is -0.159. The highest BCUT2D eigenvalue weighted by molar-refractivity contribution is 5.99. The van der Waals surface area contributed by atoms with E-state index in [1.165, 1.54) is 12.5 Å². The third-order valence-corrected chi connectivity index (χ3v) is 5.08. The second kappa shape index (κ2) is 7.58. The predicted octanol–water partition coefficient (Wildman–Crippen LogP) is 3.81. The molecule has 1 N–H and O–H groups in total. The first-order valence-corrected chi connectivity index (χ1v) is 9.20. The summed E-state index contributed by atoms with van der Waals surface area (Å²) in [6.07, 6.45) is 4.66. The van der Waals surface area contributed by atoms with Crippen molar-refractivity contribution in [1.29, 1.82) is 0 Å². The number of carbonyl (C=O) groups excluding carboxylic acids is 2. The molecule has 27 heavy (non-hydrogen) atoms. The van der Waals surface area contributed by atoms with Crippen LogP contribution in [0.4, 0.5) is 0 Å². The number of likely N-dealkylation sites (tertiary alicyclic amines) is 1. The maximum Gasteiger partial charge on any atom is 0.271 e. The second-order valence-electron chi connectivity index (χ2n) is 6.86. The van der Waals surface area contributed by atoms with E-state index in [2.05, 4.69) is 22.1 Å². The van der Waals surface area contributed by atoms with E-state index < -0.39 is 0 Å². The summed E-state index contributed by atoms with van der Waals surface area (Å²) in [4.78, 5) is 33.9. The monoisotopic (exact) mass is 359 g/mol. The number of rotatable bonds is 4. The quantitative estimate of drug-likeness (QED) is 0.720. The molecule has 0 aliphatic carbocycles. The molecule has 2 heterocycles.